The third-order valence-corrected chi connectivity index (χ3v) is 1.42. The fraction of sp³-hybridized carbons (Fsp3) is 0.500. The first-order chi connectivity index (χ1) is 4.72. The summed E-state index contributed by atoms with van der Waals surface area (Å²) in [5, 5.41) is 2.92. The molecule has 0 aromatic heterocycles. The molecule has 0 amide bonds. The van der Waals surface area contributed by atoms with Crippen molar-refractivity contribution in [1.29, 1.82) is 0 Å². The number of hydrogen-bond acceptors (Lipinski definition) is 2. The zero-order chi connectivity index (χ0) is 7.98. The van der Waals surface area contributed by atoms with Gasteiger partial charge in [0, 0.05) is 6.20 Å². The molecule has 0 atom stereocenters. The van der Waals surface area contributed by atoms with E-state index in [9.17, 15) is 0 Å². The molecule has 0 spiro atoms. The van der Waals surface area contributed by atoms with Crippen molar-refractivity contribution in [3.63, 3.8) is 0 Å². The quantitative estimate of drug-likeness (QED) is 0.457. The third-order valence-electron chi connectivity index (χ3n) is 1.42. The minimum atomic E-state index is 0.480. The van der Waals surface area contributed by atoms with E-state index < -0.39 is 0 Å². The van der Waals surface area contributed by atoms with Crippen LogP contribution in [0, 0.1) is 0 Å². The molecule has 0 aromatic rings. The molecule has 2 nitrogen and oxygen atoms in total. The van der Waals surface area contributed by atoms with Crippen molar-refractivity contribution in [1.82, 2.24) is 5.32 Å². The smallest absolute Gasteiger partial charge is 0.0622 e. The molecular weight excluding hydrogens is 124 g/mol. The highest BCUT2D eigenvalue weighted by Gasteiger charge is 1.90. The summed E-state index contributed by atoms with van der Waals surface area (Å²) in [6.07, 6.45) is 2.89. The molecule has 3 N–H and O–H groups in total. The Kier molecular flexibility index (Phi) is 4.67. The van der Waals surface area contributed by atoms with Crippen LogP contribution in [0.4, 0.5) is 0 Å². The molecule has 0 unspecified atom stereocenters. The van der Waals surface area contributed by atoms with Gasteiger partial charge in [-0.1, -0.05) is 19.1 Å². The van der Waals surface area contributed by atoms with E-state index in [2.05, 4.69) is 18.8 Å². The van der Waals surface area contributed by atoms with Crippen LogP contribution in [0.2, 0.25) is 0 Å². The van der Waals surface area contributed by atoms with Crippen LogP contribution in [0.25, 0.3) is 0 Å². The van der Waals surface area contributed by atoms with Crippen LogP contribution in [-0.4, -0.2) is 6.67 Å². The first-order valence-corrected chi connectivity index (χ1v) is 3.50. The number of allylic oxidation sites excluding steroid dienone is 2. The molecule has 10 heavy (non-hydrogen) atoms. The van der Waals surface area contributed by atoms with E-state index in [1.807, 2.05) is 13.1 Å². The molecule has 0 aliphatic rings. The molecule has 0 fully saturated rings. The van der Waals surface area contributed by atoms with E-state index in [4.69, 9.17) is 5.73 Å². The van der Waals surface area contributed by atoms with Gasteiger partial charge in [0.2, 0.25) is 0 Å². The summed E-state index contributed by atoms with van der Waals surface area (Å²) in [4.78, 5) is 0. The Morgan fingerprint density at radius 3 is 2.70 bits per heavy atom. The Labute approximate surface area is 62.8 Å². The van der Waals surface area contributed by atoms with Gasteiger partial charge >= 0.3 is 0 Å². The lowest BCUT2D eigenvalue weighted by molar-refractivity contribution is 0.873. The van der Waals surface area contributed by atoms with Crippen LogP contribution in [0.1, 0.15) is 20.3 Å². The van der Waals surface area contributed by atoms with Crippen LogP contribution < -0.4 is 11.1 Å². The molecule has 0 aromatic carbocycles. The molecule has 0 radical (unpaired) electrons. The van der Waals surface area contributed by atoms with Crippen molar-refractivity contribution in [2.24, 2.45) is 5.73 Å². The molecule has 0 bridgehead atoms. The van der Waals surface area contributed by atoms with E-state index in [-0.39, 0.29) is 0 Å². The molecule has 0 heterocycles. The van der Waals surface area contributed by atoms with Crippen LogP contribution in [0.5, 0.6) is 0 Å². The van der Waals surface area contributed by atoms with Gasteiger partial charge < -0.3 is 11.1 Å². The first-order valence-electron chi connectivity index (χ1n) is 3.50. The first kappa shape index (κ1) is 9.24. The van der Waals surface area contributed by atoms with Gasteiger partial charge in [-0.2, -0.15) is 0 Å². The van der Waals surface area contributed by atoms with E-state index in [0.717, 1.165) is 12.0 Å². The van der Waals surface area contributed by atoms with Gasteiger partial charge in [0.25, 0.3) is 0 Å². The molecular formula is C8H16N2. The Morgan fingerprint density at radius 2 is 2.30 bits per heavy atom. The Hall–Kier alpha value is -0.760. The Morgan fingerprint density at radius 1 is 1.70 bits per heavy atom. The minimum absolute atomic E-state index is 0.480. The highest BCUT2D eigenvalue weighted by Crippen LogP contribution is 2.08. The number of hydrogen-bond donors (Lipinski definition) is 2. The largest absolute Gasteiger partial charge is 0.378 e. The predicted molar refractivity (Wildman–Crippen MR) is 45.4 cm³/mol. The molecule has 58 valence electrons. The van der Waals surface area contributed by atoms with Crippen molar-refractivity contribution in [3.05, 3.63) is 23.9 Å². The zero-order valence-corrected chi connectivity index (χ0v) is 6.78. The van der Waals surface area contributed by atoms with Crippen molar-refractivity contribution in [2.75, 3.05) is 6.67 Å². The standard InChI is InChI=1S/C8H16N2/c1-4-7(2)8(3)5-10-6-9/h5,10H,2,4,6,9H2,1,3H3/b8-5+. The highest BCUT2D eigenvalue weighted by molar-refractivity contribution is 5.24. The monoisotopic (exact) mass is 140 g/mol. The van der Waals surface area contributed by atoms with Gasteiger partial charge in [-0.3, -0.25) is 0 Å². The fourth-order valence-corrected chi connectivity index (χ4v) is 0.593. The number of nitrogens with two attached hydrogens (primary N) is 1. The summed E-state index contributed by atoms with van der Waals surface area (Å²) in [6.45, 7) is 8.47. The average molecular weight is 140 g/mol. The SMILES string of the molecule is C=C(CC)/C(C)=C/NCN. The third kappa shape index (κ3) is 3.30. The van der Waals surface area contributed by atoms with E-state index in [0.29, 0.717) is 6.67 Å². The van der Waals surface area contributed by atoms with Gasteiger partial charge in [-0.25, -0.2) is 0 Å². The maximum absolute atomic E-state index is 5.23. The van der Waals surface area contributed by atoms with Crippen molar-refractivity contribution < 1.29 is 0 Å². The van der Waals surface area contributed by atoms with Crippen LogP contribution >= 0.6 is 0 Å². The minimum Gasteiger partial charge on any atom is -0.378 e. The summed E-state index contributed by atoms with van der Waals surface area (Å²) in [5.41, 5.74) is 7.56. The summed E-state index contributed by atoms with van der Waals surface area (Å²) in [5.74, 6) is 0. The van der Waals surface area contributed by atoms with Gasteiger partial charge in [0.05, 0.1) is 6.67 Å². The van der Waals surface area contributed by atoms with E-state index >= 15 is 0 Å². The second-order valence-corrected chi connectivity index (χ2v) is 2.19. The highest BCUT2D eigenvalue weighted by atomic mass is 14.9. The topological polar surface area (TPSA) is 38.0 Å². The van der Waals surface area contributed by atoms with Gasteiger partial charge in [0.1, 0.15) is 0 Å². The molecule has 0 saturated heterocycles. The van der Waals surface area contributed by atoms with Crippen LogP contribution in [-0.2, 0) is 0 Å². The zero-order valence-electron chi connectivity index (χ0n) is 6.78. The molecule has 0 aliphatic heterocycles. The second-order valence-electron chi connectivity index (χ2n) is 2.19. The van der Waals surface area contributed by atoms with Crippen molar-refractivity contribution >= 4 is 0 Å². The summed E-state index contributed by atoms with van der Waals surface area (Å²) < 4.78 is 0. The summed E-state index contributed by atoms with van der Waals surface area (Å²) >= 11 is 0. The lowest BCUT2D eigenvalue weighted by Gasteiger charge is -2.02. The predicted octanol–water partition coefficient (Wildman–Crippen LogP) is 1.36. The number of nitrogens with one attached hydrogen (secondary N) is 1. The maximum atomic E-state index is 5.23. The van der Waals surface area contributed by atoms with Crippen LogP contribution in [0.15, 0.2) is 23.9 Å². The van der Waals surface area contributed by atoms with Crippen LogP contribution in [0.3, 0.4) is 0 Å². The fourth-order valence-electron chi connectivity index (χ4n) is 0.593. The Bertz CT molecular complexity index is 136. The summed E-state index contributed by atoms with van der Waals surface area (Å²) in [7, 11) is 0. The summed E-state index contributed by atoms with van der Waals surface area (Å²) in [6, 6.07) is 0. The van der Waals surface area contributed by atoms with Gasteiger partial charge in [0.15, 0.2) is 0 Å². The average Bonchev–Trinajstić information content (AvgIpc) is 1.98. The molecule has 0 saturated carbocycles. The van der Waals surface area contributed by atoms with Gasteiger partial charge in [-0.05, 0) is 18.9 Å². The van der Waals surface area contributed by atoms with E-state index in [1.165, 1.54) is 5.57 Å². The Balaban J connectivity index is 3.80. The van der Waals surface area contributed by atoms with Crippen molar-refractivity contribution in [2.45, 2.75) is 20.3 Å². The van der Waals surface area contributed by atoms with E-state index in [1.54, 1.807) is 0 Å². The normalized spacial score (nSPS) is 11.3. The molecule has 0 aliphatic carbocycles. The van der Waals surface area contributed by atoms with Crippen molar-refractivity contribution in [3.8, 4) is 0 Å². The molecule has 0 rings (SSSR count). The van der Waals surface area contributed by atoms with Gasteiger partial charge in [-0.15, -0.1) is 0 Å². The lowest BCUT2D eigenvalue weighted by atomic mass is 10.1. The number of rotatable bonds is 4. The lowest BCUT2D eigenvalue weighted by Crippen LogP contribution is -2.16. The molecule has 2 heteroatoms. The maximum Gasteiger partial charge on any atom is 0.0622 e. The second kappa shape index (κ2) is 5.06.